The zero-order valence-corrected chi connectivity index (χ0v) is 13.9. The van der Waals surface area contributed by atoms with Gasteiger partial charge in [0, 0.05) is 25.8 Å². The second kappa shape index (κ2) is 7.19. The molecular formula is C15H23N3O3S. The lowest BCUT2D eigenvalue weighted by Gasteiger charge is -2.32. The van der Waals surface area contributed by atoms with Crippen LogP contribution in [0.1, 0.15) is 35.8 Å². The van der Waals surface area contributed by atoms with Gasteiger partial charge in [0.05, 0.1) is 6.26 Å². The summed E-state index contributed by atoms with van der Waals surface area (Å²) in [5.41, 5.74) is 1.56. The van der Waals surface area contributed by atoms with E-state index in [4.69, 9.17) is 0 Å². The number of hydrogen-bond acceptors (Lipinski definition) is 4. The van der Waals surface area contributed by atoms with E-state index in [1.165, 1.54) is 0 Å². The Morgan fingerprint density at radius 3 is 2.95 bits per heavy atom. The topological polar surface area (TPSA) is 79.4 Å². The van der Waals surface area contributed by atoms with Crippen LogP contribution in [-0.4, -0.2) is 50.1 Å². The first-order valence-electron chi connectivity index (χ1n) is 7.58. The summed E-state index contributed by atoms with van der Waals surface area (Å²) in [6.45, 7) is 3.69. The van der Waals surface area contributed by atoms with E-state index in [1.807, 2.05) is 19.1 Å². The van der Waals surface area contributed by atoms with Crippen LogP contribution in [0, 0.1) is 5.92 Å². The van der Waals surface area contributed by atoms with Crippen molar-refractivity contribution in [1.29, 1.82) is 0 Å². The number of nitrogens with zero attached hydrogens (tertiary/aromatic N) is 2. The van der Waals surface area contributed by atoms with E-state index in [2.05, 4.69) is 9.71 Å². The van der Waals surface area contributed by atoms with Gasteiger partial charge < -0.3 is 4.90 Å². The van der Waals surface area contributed by atoms with E-state index < -0.39 is 10.0 Å². The molecule has 0 bridgehead atoms. The highest BCUT2D eigenvalue weighted by Gasteiger charge is 2.25. The van der Waals surface area contributed by atoms with Gasteiger partial charge in [-0.1, -0.05) is 6.92 Å². The molecule has 2 rings (SSSR count). The van der Waals surface area contributed by atoms with Crippen molar-refractivity contribution in [3.63, 3.8) is 0 Å². The molecule has 1 N–H and O–H groups in total. The second-order valence-electron chi connectivity index (χ2n) is 5.78. The van der Waals surface area contributed by atoms with Crippen LogP contribution in [0.15, 0.2) is 18.3 Å². The van der Waals surface area contributed by atoms with E-state index in [1.54, 1.807) is 11.1 Å². The zero-order chi connectivity index (χ0) is 16.2. The Hall–Kier alpha value is -1.47. The highest BCUT2D eigenvalue weighted by molar-refractivity contribution is 7.88. The molecule has 0 spiro atoms. The van der Waals surface area contributed by atoms with Crippen molar-refractivity contribution in [3.8, 4) is 0 Å². The fourth-order valence-corrected chi connectivity index (χ4v) is 3.20. The van der Waals surface area contributed by atoms with Gasteiger partial charge in [-0.25, -0.2) is 13.1 Å². The number of sulfonamides is 1. The summed E-state index contributed by atoms with van der Waals surface area (Å²) >= 11 is 0. The molecule has 1 aliphatic heterocycles. The van der Waals surface area contributed by atoms with Crippen molar-refractivity contribution in [2.45, 2.75) is 26.2 Å². The van der Waals surface area contributed by atoms with Gasteiger partial charge in [0.1, 0.15) is 5.69 Å². The average molecular weight is 325 g/mol. The standard InChI is InChI=1S/C15H23N3O3S/c1-3-12-6-7-16-14(9-12)15(19)18-8-4-5-13(11-18)10-17-22(2,20)21/h6-7,9,13,17H,3-5,8,10-11H2,1-2H3. The molecule has 1 aromatic rings. The van der Waals surface area contributed by atoms with Crippen LogP contribution in [0.5, 0.6) is 0 Å². The van der Waals surface area contributed by atoms with Crippen LogP contribution in [0.3, 0.4) is 0 Å². The molecule has 1 amide bonds. The van der Waals surface area contributed by atoms with Gasteiger partial charge in [-0.3, -0.25) is 9.78 Å². The summed E-state index contributed by atoms with van der Waals surface area (Å²) in [5, 5.41) is 0. The fraction of sp³-hybridized carbons (Fsp3) is 0.600. The molecule has 1 aliphatic rings. The van der Waals surface area contributed by atoms with Crippen LogP contribution in [0.2, 0.25) is 0 Å². The van der Waals surface area contributed by atoms with E-state index in [9.17, 15) is 13.2 Å². The van der Waals surface area contributed by atoms with Gasteiger partial charge in [-0.2, -0.15) is 0 Å². The molecule has 22 heavy (non-hydrogen) atoms. The molecule has 1 unspecified atom stereocenters. The minimum absolute atomic E-state index is 0.0700. The molecular weight excluding hydrogens is 302 g/mol. The molecule has 0 radical (unpaired) electrons. The molecule has 7 heteroatoms. The third-order valence-electron chi connectivity index (χ3n) is 3.89. The van der Waals surface area contributed by atoms with Gasteiger partial charge >= 0.3 is 0 Å². The van der Waals surface area contributed by atoms with Gasteiger partial charge in [-0.15, -0.1) is 0 Å². The molecule has 1 aromatic heterocycles. The Morgan fingerprint density at radius 1 is 1.50 bits per heavy atom. The lowest BCUT2D eigenvalue weighted by atomic mass is 9.98. The van der Waals surface area contributed by atoms with Gasteiger partial charge in [0.25, 0.3) is 5.91 Å². The first-order valence-corrected chi connectivity index (χ1v) is 9.47. The molecule has 1 saturated heterocycles. The van der Waals surface area contributed by atoms with Crippen LogP contribution in [0.4, 0.5) is 0 Å². The largest absolute Gasteiger partial charge is 0.337 e. The van der Waals surface area contributed by atoms with E-state index >= 15 is 0 Å². The molecule has 2 heterocycles. The highest BCUT2D eigenvalue weighted by atomic mass is 32.2. The van der Waals surface area contributed by atoms with Crippen molar-refractivity contribution in [1.82, 2.24) is 14.6 Å². The zero-order valence-electron chi connectivity index (χ0n) is 13.1. The number of piperidine rings is 1. The van der Waals surface area contributed by atoms with E-state index in [0.717, 1.165) is 31.1 Å². The Bertz CT molecular complexity index is 631. The van der Waals surface area contributed by atoms with Crippen LogP contribution >= 0.6 is 0 Å². The number of likely N-dealkylation sites (tertiary alicyclic amines) is 1. The number of carbonyl (C=O) groups is 1. The smallest absolute Gasteiger partial charge is 0.272 e. The summed E-state index contributed by atoms with van der Waals surface area (Å²) < 4.78 is 24.9. The number of carbonyl (C=O) groups excluding carboxylic acids is 1. The normalized spacial score (nSPS) is 19.2. The van der Waals surface area contributed by atoms with Gasteiger partial charge in [0.15, 0.2) is 0 Å². The molecule has 6 nitrogen and oxygen atoms in total. The van der Waals surface area contributed by atoms with Gasteiger partial charge in [0.2, 0.25) is 10.0 Å². The number of aryl methyl sites for hydroxylation is 1. The maximum Gasteiger partial charge on any atom is 0.272 e. The van der Waals surface area contributed by atoms with Crippen molar-refractivity contribution >= 4 is 15.9 Å². The molecule has 1 atom stereocenters. The lowest BCUT2D eigenvalue weighted by Crippen LogP contribution is -2.43. The molecule has 0 aliphatic carbocycles. The second-order valence-corrected chi connectivity index (χ2v) is 7.62. The highest BCUT2D eigenvalue weighted by Crippen LogP contribution is 2.18. The average Bonchev–Trinajstić information content (AvgIpc) is 2.52. The van der Waals surface area contributed by atoms with Crippen LogP contribution in [-0.2, 0) is 16.4 Å². The predicted molar refractivity (Wildman–Crippen MR) is 85.1 cm³/mol. The summed E-state index contributed by atoms with van der Waals surface area (Å²) in [4.78, 5) is 18.5. The van der Waals surface area contributed by atoms with Crippen molar-refractivity contribution in [2.24, 2.45) is 5.92 Å². The summed E-state index contributed by atoms with van der Waals surface area (Å²) in [7, 11) is -3.19. The fourth-order valence-electron chi connectivity index (χ4n) is 2.66. The number of nitrogens with one attached hydrogen (secondary N) is 1. The lowest BCUT2D eigenvalue weighted by molar-refractivity contribution is 0.0670. The minimum Gasteiger partial charge on any atom is -0.337 e. The van der Waals surface area contributed by atoms with Crippen molar-refractivity contribution in [3.05, 3.63) is 29.6 Å². The number of amides is 1. The SMILES string of the molecule is CCc1ccnc(C(=O)N2CCCC(CNS(C)(=O)=O)C2)c1. The number of hydrogen-bond donors (Lipinski definition) is 1. The number of aromatic nitrogens is 1. The monoisotopic (exact) mass is 325 g/mol. The maximum absolute atomic E-state index is 12.5. The Balaban J connectivity index is 2.00. The van der Waals surface area contributed by atoms with Crippen molar-refractivity contribution in [2.75, 3.05) is 25.9 Å². The van der Waals surface area contributed by atoms with Crippen LogP contribution < -0.4 is 4.72 Å². The molecule has 0 saturated carbocycles. The van der Waals surface area contributed by atoms with Crippen LogP contribution in [0.25, 0.3) is 0 Å². The summed E-state index contributed by atoms with van der Waals surface area (Å²) in [6.07, 6.45) is 5.49. The maximum atomic E-state index is 12.5. The minimum atomic E-state index is -3.19. The van der Waals surface area contributed by atoms with E-state index in [-0.39, 0.29) is 11.8 Å². The summed E-state index contributed by atoms with van der Waals surface area (Å²) in [5.74, 6) is 0.0844. The Kier molecular flexibility index (Phi) is 5.52. The first kappa shape index (κ1) is 16.9. The van der Waals surface area contributed by atoms with Gasteiger partial charge in [-0.05, 0) is 42.9 Å². The Morgan fingerprint density at radius 2 is 2.27 bits per heavy atom. The molecule has 0 aromatic carbocycles. The molecule has 1 fully saturated rings. The third-order valence-corrected chi connectivity index (χ3v) is 4.58. The summed E-state index contributed by atoms with van der Waals surface area (Å²) in [6, 6.07) is 3.74. The number of pyridine rings is 1. The molecule has 122 valence electrons. The van der Waals surface area contributed by atoms with E-state index in [0.29, 0.717) is 25.3 Å². The third kappa shape index (κ3) is 4.78. The first-order chi connectivity index (χ1) is 10.4. The number of rotatable bonds is 5. The predicted octanol–water partition coefficient (Wildman–Crippen LogP) is 1.05. The Labute approximate surface area is 132 Å². The quantitative estimate of drug-likeness (QED) is 0.877. The van der Waals surface area contributed by atoms with Crippen molar-refractivity contribution < 1.29 is 13.2 Å².